The molecule has 9 rings (SSSR count). The van der Waals surface area contributed by atoms with E-state index in [2.05, 4.69) is 200 Å². The van der Waals surface area contributed by atoms with Gasteiger partial charge in [0.25, 0.3) is 0 Å². The van der Waals surface area contributed by atoms with E-state index in [9.17, 15) is 0 Å². The van der Waals surface area contributed by atoms with E-state index < -0.39 is 0 Å². The molecule has 0 amide bonds. The number of morpholine rings is 3. The Bertz CT molecular complexity index is 1330. The van der Waals surface area contributed by atoms with Crippen LogP contribution < -0.4 is 5.32 Å². The molecule has 0 saturated carbocycles. The van der Waals surface area contributed by atoms with Crippen molar-refractivity contribution in [2.75, 3.05) is 185 Å². The number of ether oxygens (including phenoxy) is 4. The van der Waals surface area contributed by atoms with Crippen LogP contribution in [0.3, 0.4) is 0 Å². The van der Waals surface area contributed by atoms with E-state index in [1.807, 2.05) is 0 Å². The third-order valence-corrected chi connectivity index (χ3v) is 17.6. The topological polar surface area (TPSA) is 81.4 Å². The molecule has 0 radical (unpaired) electrons. The maximum absolute atomic E-state index is 5.42. The standard InChI is InChI=1S/C8H18N2.2C8H17NO.C8H17N.C7H16N2.2C7H15NO.C7H15N.C6H13N/c1-8(2)10-6-4-9(3)5-7-10;1-7(2)9-4-5-10-6-8(9)3;1-7(2)9-4-5-10-8(3)6-9;1-8(2)9-6-4-3-5-7-9;1-7(2)9-5-3-8-4-6-9;1-6(2)8-4-7(5-8)9-3;1-7(2)8-3-5-9-6-4-8;1-7(2)8-5-3-4-6-8;1-6(2)7-4-3-5-7/h8H,4-7H2,1-3H3;2*7-8H,4-6H2,1-3H3;8H,3-7H2,1-2H3;7-8H,3-6H2,1-2H3;6-7H,4-5H2,1-3H3;7H,3-6H2,1-2H3;7H,3-6H2,1-2H3;6H,3-5H2,1-2H3. The smallest absolute Gasteiger partial charge is 0.0825 e. The first-order valence-corrected chi connectivity index (χ1v) is 33.7. The monoisotopic (exact) mass is 1150 g/mol. The number of piperazine rings is 2. The van der Waals surface area contributed by atoms with Crippen LogP contribution in [-0.4, -0.2) is 306 Å². The fourth-order valence-corrected chi connectivity index (χ4v) is 11.0. The molecule has 81 heavy (non-hydrogen) atoms. The lowest BCUT2D eigenvalue weighted by Crippen LogP contribution is -2.54. The van der Waals surface area contributed by atoms with Crippen LogP contribution in [0.25, 0.3) is 0 Å². The van der Waals surface area contributed by atoms with E-state index in [-0.39, 0.29) is 0 Å². The third kappa shape index (κ3) is 37.0. The number of hydrogen-bond acceptors (Lipinski definition) is 15. The number of methoxy groups -OCH3 is 1. The van der Waals surface area contributed by atoms with Gasteiger partial charge in [0.15, 0.2) is 0 Å². The minimum absolute atomic E-state index is 0.427. The van der Waals surface area contributed by atoms with Crippen molar-refractivity contribution >= 4 is 0 Å². The molecule has 9 fully saturated rings. The van der Waals surface area contributed by atoms with Gasteiger partial charge in [-0.25, -0.2) is 0 Å². The molecule has 0 aliphatic carbocycles. The normalized spacial score (nSPS) is 24.6. The summed E-state index contributed by atoms with van der Waals surface area (Å²) in [5.74, 6) is 0. The predicted molar refractivity (Wildman–Crippen MR) is 351 cm³/mol. The van der Waals surface area contributed by atoms with Crippen LogP contribution in [0.15, 0.2) is 0 Å². The van der Waals surface area contributed by atoms with Gasteiger partial charge in [-0.3, -0.25) is 29.4 Å². The van der Waals surface area contributed by atoms with Gasteiger partial charge in [0.1, 0.15) is 0 Å². The molecule has 0 aromatic carbocycles. The summed E-state index contributed by atoms with van der Waals surface area (Å²) in [6.07, 6.45) is 9.46. The van der Waals surface area contributed by atoms with Crippen molar-refractivity contribution in [3.8, 4) is 0 Å². The number of hydrogen-bond donors (Lipinski definition) is 1. The Kier molecular flexibility index (Phi) is 45.1. The third-order valence-electron chi connectivity index (χ3n) is 17.6. The molecule has 0 aromatic heterocycles. The zero-order valence-electron chi connectivity index (χ0n) is 58.2. The van der Waals surface area contributed by atoms with E-state index in [4.69, 9.17) is 18.9 Å². The molecule has 15 nitrogen and oxygen atoms in total. The van der Waals surface area contributed by atoms with E-state index in [1.54, 1.807) is 7.11 Å². The minimum Gasteiger partial charge on any atom is -0.379 e. The van der Waals surface area contributed by atoms with Crippen LogP contribution in [0.2, 0.25) is 0 Å². The van der Waals surface area contributed by atoms with Crippen molar-refractivity contribution in [2.45, 2.75) is 250 Å². The number of rotatable bonds is 10. The van der Waals surface area contributed by atoms with Crippen LogP contribution in [0.5, 0.6) is 0 Å². The Morgan fingerprint density at radius 1 is 0.358 bits per heavy atom. The minimum atomic E-state index is 0.427. The Morgan fingerprint density at radius 3 is 1.04 bits per heavy atom. The van der Waals surface area contributed by atoms with Gasteiger partial charge >= 0.3 is 0 Å². The van der Waals surface area contributed by atoms with E-state index in [0.29, 0.717) is 42.4 Å². The van der Waals surface area contributed by atoms with Crippen molar-refractivity contribution in [3.05, 3.63) is 0 Å². The summed E-state index contributed by atoms with van der Waals surface area (Å²) in [7, 11) is 3.97. The molecule has 2 unspecified atom stereocenters. The number of likely N-dealkylation sites (N-methyl/N-ethyl adjacent to an activating group) is 1. The van der Waals surface area contributed by atoms with Crippen molar-refractivity contribution < 1.29 is 18.9 Å². The average Bonchev–Trinajstić information content (AvgIpc) is 3.97. The van der Waals surface area contributed by atoms with Crippen molar-refractivity contribution in [3.63, 3.8) is 0 Å². The lowest BCUT2D eigenvalue weighted by molar-refractivity contribution is -0.0437. The summed E-state index contributed by atoms with van der Waals surface area (Å²) in [5, 5.41) is 3.33. The highest BCUT2D eigenvalue weighted by molar-refractivity contribution is 4.82. The second-order valence-electron chi connectivity index (χ2n) is 27.0. The van der Waals surface area contributed by atoms with Gasteiger partial charge in [0.2, 0.25) is 0 Å². The molecule has 0 bridgehead atoms. The quantitative estimate of drug-likeness (QED) is 0.226. The van der Waals surface area contributed by atoms with Gasteiger partial charge in [0.05, 0.1) is 45.2 Å². The fourth-order valence-electron chi connectivity index (χ4n) is 11.0. The molecule has 9 aliphatic rings. The van der Waals surface area contributed by atoms with Gasteiger partial charge in [0, 0.05) is 166 Å². The summed E-state index contributed by atoms with van der Waals surface area (Å²) in [6, 6.07) is 7.11. The maximum Gasteiger partial charge on any atom is 0.0825 e. The SMILES string of the molecule is CC(C)N1CCC1.CC(C)N1CCCC1.CC(C)N1CCCCC1.CC(C)N1CCN(C)CC1.CC(C)N1CCNCC1.CC(C)N1CCOCC1.CC(C)N1CCOCC1C.CC1CN(C(C)C)CCO1.COC1CN(C(C)C)C1. The second-order valence-corrected chi connectivity index (χ2v) is 27.0. The highest BCUT2D eigenvalue weighted by Crippen LogP contribution is 2.15. The molecular formula is C66H143N11O4. The molecule has 2 atom stereocenters. The molecule has 15 heteroatoms. The average molecular weight is 1150 g/mol. The summed E-state index contributed by atoms with van der Waals surface area (Å²) in [6.45, 7) is 74.8. The van der Waals surface area contributed by atoms with Crippen LogP contribution in [-0.2, 0) is 18.9 Å². The second kappa shape index (κ2) is 46.5. The van der Waals surface area contributed by atoms with Crippen LogP contribution in [0.1, 0.15) is 177 Å². The zero-order valence-corrected chi connectivity index (χ0v) is 58.2. The highest BCUT2D eigenvalue weighted by atomic mass is 16.5. The molecule has 0 spiro atoms. The zero-order chi connectivity index (χ0) is 60.9. The van der Waals surface area contributed by atoms with Crippen molar-refractivity contribution in [1.29, 1.82) is 0 Å². The van der Waals surface area contributed by atoms with Crippen molar-refractivity contribution in [1.82, 2.24) is 54.3 Å². The highest BCUT2D eigenvalue weighted by Gasteiger charge is 2.28. The van der Waals surface area contributed by atoms with Gasteiger partial charge in [-0.15, -0.1) is 0 Å². The molecular weight excluding hydrogens is 1010 g/mol. The lowest BCUT2D eigenvalue weighted by Gasteiger charge is -2.40. The Morgan fingerprint density at radius 2 is 0.728 bits per heavy atom. The molecule has 1 N–H and O–H groups in total. The summed E-state index contributed by atoms with van der Waals surface area (Å²) >= 11 is 0. The Hall–Kier alpha value is -0.600. The molecule has 0 aromatic rings. The maximum atomic E-state index is 5.42. The van der Waals surface area contributed by atoms with Gasteiger partial charge < -0.3 is 43.9 Å². The van der Waals surface area contributed by atoms with Crippen LogP contribution in [0.4, 0.5) is 0 Å². The van der Waals surface area contributed by atoms with Gasteiger partial charge in [-0.1, -0.05) is 6.42 Å². The molecule has 486 valence electrons. The summed E-state index contributed by atoms with van der Waals surface area (Å²) in [5.41, 5.74) is 0. The number of nitrogens with zero attached hydrogens (tertiary/aromatic N) is 10. The Balaban J connectivity index is 0.000000456. The first-order valence-electron chi connectivity index (χ1n) is 33.7. The van der Waals surface area contributed by atoms with E-state index in [0.717, 1.165) is 122 Å². The van der Waals surface area contributed by atoms with Crippen LogP contribution in [0, 0.1) is 0 Å². The van der Waals surface area contributed by atoms with E-state index in [1.165, 1.54) is 117 Å². The number of likely N-dealkylation sites (tertiary alicyclic amines) is 4. The summed E-state index contributed by atoms with van der Waals surface area (Å²) in [4.78, 5) is 24.7. The van der Waals surface area contributed by atoms with Gasteiger partial charge in [-0.05, 0) is 217 Å². The molecule has 9 aliphatic heterocycles. The molecule has 9 saturated heterocycles. The van der Waals surface area contributed by atoms with Crippen molar-refractivity contribution in [2.24, 2.45) is 0 Å². The number of piperidine rings is 1. The van der Waals surface area contributed by atoms with Gasteiger partial charge in [-0.2, -0.15) is 0 Å². The first kappa shape index (κ1) is 78.4. The largest absolute Gasteiger partial charge is 0.379 e. The van der Waals surface area contributed by atoms with E-state index >= 15 is 0 Å². The lowest BCUT2D eigenvalue weighted by atomic mass is 10.1. The molecule has 9 heterocycles. The Labute approximate surface area is 505 Å². The number of nitrogens with one attached hydrogen (secondary N) is 1. The predicted octanol–water partition coefficient (Wildman–Crippen LogP) is 9.10. The summed E-state index contributed by atoms with van der Waals surface area (Å²) < 4.78 is 21.1. The first-order chi connectivity index (χ1) is 38.4. The van der Waals surface area contributed by atoms with Crippen LogP contribution >= 0.6 is 0 Å². The fraction of sp³-hybridized carbons (Fsp3) is 1.00.